The van der Waals surface area contributed by atoms with E-state index in [0.29, 0.717) is 25.7 Å². The number of rotatable bonds is 8. The predicted octanol–water partition coefficient (Wildman–Crippen LogP) is 1.15. The molecule has 0 bridgehead atoms. The summed E-state index contributed by atoms with van der Waals surface area (Å²) in [5.41, 5.74) is 0. The third kappa shape index (κ3) is 6.86. The van der Waals surface area contributed by atoms with Gasteiger partial charge >= 0.3 is 5.97 Å². The van der Waals surface area contributed by atoms with E-state index in [9.17, 15) is 15.0 Å². The first kappa shape index (κ1) is 13.4. The van der Waals surface area contributed by atoms with Gasteiger partial charge in [0.2, 0.25) is 0 Å². The fourth-order valence-electron chi connectivity index (χ4n) is 1.31. The topological polar surface area (TPSA) is 77.8 Å². The van der Waals surface area contributed by atoms with Crippen LogP contribution in [0.5, 0.6) is 0 Å². The van der Waals surface area contributed by atoms with E-state index in [-0.39, 0.29) is 6.42 Å². The molecule has 2 unspecified atom stereocenters. The van der Waals surface area contributed by atoms with Crippen molar-refractivity contribution in [3.8, 4) is 0 Å². The summed E-state index contributed by atoms with van der Waals surface area (Å²) < 4.78 is 0. The third-order valence-electron chi connectivity index (χ3n) is 2.17. The summed E-state index contributed by atoms with van der Waals surface area (Å²) >= 11 is 0. The first-order valence-corrected chi connectivity index (χ1v) is 5.15. The molecule has 0 heterocycles. The predicted molar refractivity (Wildman–Crippen MR) is 53.0 cm³/mol. The highest BCUT2D eigenvalue weighted by molar-refractivity contribution is 5.66. The summed E-state index contributed by atoms with van der Waals surface area (Å²) in [5.74, 6) is -0.811. The number of aliphatic hydroxyl groups is 2. The zero-order chi connectivity index (χ0) is 11.0. The molecule has 0 spiro atoms. The lowest BCUT2D eigenvalue weighted by Gasteiger charge is -2.16. The van der Waals surface area contributed by atoms with Crippen LogP contribution in [0, 0.1) is 0 Å². The minimum Gasteiger partial charge on any atom is -0.481 e. The van der Waals surface area contributed by atoms with Crippen LogP contribution in [0.3, 0.4) is 0 Å². The molecule has 0 aromatic carbocycles. The number of unbranched alkanes of at least 4 members (excludes halogenated alkanes) is 1. The lowest BCUT2D eigenvalue weighted by atomic mass is 10.0. The lowest BCUT2D eigenvalue weighted by Crippen LogP contribution is -2.25. The van der Waals surface area contributed by atoms with Crippen molar-refractivity contribution in [2.45, 2.75) is 57.7 Å². The Bertz CT molecular complexity index is 158. The van der Waals surface area contributed by atoms with Crippen LogP contribution in [-0.4, -0.2) is 33.5 Å². The smallest absolute Gasteiger partial charge is 0.303 e. The van der Waals surface area contributed by atoms with Gasteiger partial charge in [0.15, 0.2) is 0 Å². The molecule has 0 saturated heterocycles. The van der Waals surface area contributed by atoms with Gasteiger partial charge in [0, 0.05) is 6.42 Å². The largest absolute Gasteiger partial charge is 0.481 e. The first-order valence-electron chi connectivity index (χ1n) is 5.15. The van der Waals surface area contributed by atoms with E-state index in [1.807, 2.05) is 6.92 Å². The van der Waals surface area contributed by atoms with Gasteiger partial charge in [0.1, 0.15) is 0 Å². The minimum absolute atomic E-state index is 0.136. The molecular formula is C10H20O4. The number of hydrogen-bond acceptors (Lipinski definition) is 3. The van der Waals surface area contributed by atoms with Gasteiger partial charge < -0.3 is 15.3 Å². The lowest BCUT2D eigenvalue weighted by molar-refractivity contribution is -0.137. The molecule has 0 aliphatic rings. The molecule has 0 fully saturated rings. The van der Waals surface area contributed by atoms with Gasteiger partial charge in [-0.25, -0.2) is 0 Å². The molecule has 0 aromatic heterocycles. The Morgan fingerprint density at radius 2 is 1.71 bits per heavy atom. The number of carboxylic acids is 1. The summed E-state index contributed by atoms with van der Waals surface area (Å²) in [6.45, 7) is 1.94. The molecule has 0 aromatic rings. The van der Waals surface area contributed by atoms with Crippen molar-refractivity contribution in [3.63, 3.8) is 0 Å². The second kappa shape index (κ2) is 7.76. The minimum atomic E-state index is -0.811. The van der Waals surface area contributed by atoms with Gasteiger partial charge in [0.05, 0.1) is 12.2 Å². The SMILES string of the molecule is CCCC(O)C(O)CCCCC(=O)O. The maximum Gasteiger partial charge on any atom is 0.303 e. The fourth-order valence-corrected chi connectivity index (χ4v) is 1.31. The number of carbonyl (C=O) groups is 1. The van der Waals surface area contributed by atoms with E-state index >= 15 is 0 Å². The summed E-state index contributed by atoms with van der Waals surface area (Å²) in [4.78, 5) is 10.2. The normalized spacial score (nSPS) is 15.1. The van der Waals surface area contributed by atoms with Crippen LogP contribution in [0.15, 0.2) is 0 Å². The maximum atomic E-state index is 10.2. The van der Waals surface area contributed by atoms with Gasteiger partial charge in [-0.05, 0) is 19.3 Å². The standard InChI is InChI=1S/C10H20O4/c1-2-5-8(11)9(12)6-3-4-7-10(13)14/h8-9,11-12H,2-7H2,1H3,(H,13,14). The van der Waals surface area contributed by atoms with Gasteiger partial charge in [-0.2, -0.15) is 0 Å². The number of aliphatic carboxylic acids is 1. The highest BCUT2D eigenvalue weighted by Gasteiger charge is 2.14. The molecule has 0 rings (SSSR count). The van der Waals surface area contributed by atoms with Crippen molar-refractivity contribution in [1.82, 2.24) is 0 Å². The van der Waals surface area contributed by atoms with Crippen molar-refractivity contribution < 1.29 is 20.1 Å². The van der Waals surface area contributed by atoms with Crippen molar-refractivity contribution in [1.29, 1.82) is 0 Å². The average molecular weight is 204 g/mol. The van der Waals surface area contributed by atoms with E-state index in [1.54, 1.807) is 0 Å². The van der Waals surface area contributed by atoms with Crippen LogP contribution >= 0.6 is 0 Å². The quantitative estimate of drug-likeness (QED) is 0.518. The summed E-state index contributed by atoms with van der Waals surface area (Å²) in [6.07, 6.45) is 1.89. The molecule has 0 amide bonds. The second-order valence-electron chi connectivity index (χ2n) is 3.56. The number of hydrogen-bond donors (Lipinski definition) is 3. The van der Waals surface area contributed by atoms with Crippen molar-refractivity contribution >= 4 is 5.97 Å². The Morgan fingerprint density at radius 3 is 2.21 bits per heavy atom. The Balaban J connectivity index is 3.43. The van der Waals surface area contributed by atoms with E-state index in [1.165, 1.54) is 0 Å². The molecule has 3 N–H and O–H groups in total. The molecule has 0 aliphatic heterocycles. The maximum absolute atomic E-state index is 10.2. The number of aliphatic hydroxyl groups excluding tert-OH is 2. The van der Waals surface area contributed by atoms with Gasteiger partial charge in [-0.1, -0.05) is 19.8 Å². The average Bonchev–Trinajstić information content (AvgIpc) is 2.12. The van der Waals surface area contributed by atoms with Crippen molar-refractivity contribution in [2.75, 3.05) is 0 Å². The Hall–Kier alpha value is -0.610. The van der Waals surface area contributed by atoms with Crippen LogP contribution in [0.1, 0.15) is 45.4 Å². The summed E-state index contributed by atoms with van der Waals surface area (Å²) in [5, 5.41) is 27.1. The summed E-state index contributed by atoms with van der Waals surface area (Å²) in [6, 6.07) is 0. The molecule has 84 valence electrons. The van der Waals surface area contributed by atoms with Crippen LogP contribution < -0.4 is 0 Å². The zero-order valence-corrected chi connectivity index (χ0v) is 8.65. The van der Waals surface area contributed by atoms with E-state index in [2.05, 4.69) is 0 Å². The van der Waals surface area contributed by atoms with Crippen LogP contribution in [0.25, 0.3) is 0 Å². The summed E-state index contributed by atoms with van der Waals surface area (Å²) in [7, 11) is 0. The Morgan fingerprint density at radius 1 is 1.14 bits per heavy atom. The van der Waals surface area contributed by atoms with Crippen molar-refractivity contribution in [3.05, 3.63) is 0 Å². The van der Waals surface area contributed by atoms with E-state index < -0.39 is 18.2 Å². The molecule has 0 saturated carbocycles. The molecule has 14 heavy (non-hydrogen) atoms. The van der Waals surface area contributed by atoms with Crippen LogP contribution in [0.4, 0.5) is 0 Å². The highest BCUT2D eigenvalue weighted by atomic mass is 16.4. The molecule has 0 radical (unpaired) electrons. The molecule has 2 atom stereocenters. The van der Waals surface area contributed by atoms with Gasteiger partial charge in [-0.3, -0.25) is 4.79 Å². The number of carboxylic acid groups (broad SMARTS) is 1. The zero-order valence-electron chi connectivity index (χ0n) is 8.65. The van der Waals surface area contributed by atoms with Crippen molar-refractivity contribution in [2.24, 2.45) is 0 Å². The molecule has 4 nitrogen and oxygen atoms in total. The van der Waals surface area contributed by atoms with Crippen LogP contribution in [-0.2, 0) is 4.79 Å². The van der Waals surface area contributed by atoms with Gasteiger partial charge in [0.25, 0.3) is 0 Å². The van der Waals surface area contributed by atoms with E-state index in [4.69, 9.17) is 5.11 Å². The highest BCUT2D eigenvalue weighted by Crippen LogP contribution is 2.10. The Kier molecular flexibility index (Phi) is 7.42. The third-order valence-corrected chi connectivity index (χ3v) is 2.17. The fraction of sp³-hybridized carbons (Fsp3) is 0.900. The molecule has 4 heteroatoms. The second-order valence-corrected chi connectivity index (χ2v) is 3.56. The monoisotopic (exact) mass is 204 g/mol. The van der Waals surface area contributed by atoms with Crippen LogP contribution in [0.2, 0.25) is 0 Å². The first-order chi connectivity index (χ1) is 6.57. The molecule has 0 aliphatic carbocycles. The van der Waals surface area contributed by atoms with Gasteiger partial charge in [-0.15, -0.1) is 0 Å². The molecular weight excluding hydrogens is 184 g/mol. The van der Waals surface area contributed by atoms with E-state index in [0.717, 1.165) is 6.42 Å². The Labute approximate surface area is 84.6 Å².